The van der Waals surface area contributed by atoms with Gasteiger partial charge in [0.05, 0.1) is 18.0 Å². The zero-order valence-corrected chi connectivity index (χ0v) is 17.2. The number of anilines is 1. The average molecular weight is 410 g/mol. The third-order valence-corrected chi connectivity index (χ3v) is 7.01. The summed E-state index contributed by atoms with van der Waals surface area (Å²) < 4.78 is 31.1. The van der Waals surface area contributed by atoms with Crippen LogP contribution in [0.15, 0.2) is 18.2 Å². The summed E-state index contributed by atoms with van der Waals surface area (Å²) in [5, 5.41) is 0. The first-order chi connectivity index (χ1) is 13.3. The van der Waals surface area contributed by atoms with Gasteiger partial charge in [0.2, 0.25) is 10.0 Å². The van der Waals surface area contributed by atoms with Crippen molar-refractivity contribution in [3.05, 3.63) is 29.3 Å². The summed E-state index contributed by atoms with van der Waals surface area (Å²) in [4.78, 5) is 27.9. The van der Waals surface area contributed by atoms with Gasteiger partial charge in [-0.3, -0.25) is 9.10 Å². The van der Waals surface area contributed by atoms with Crippen molar-refractivity contribution in [3.8, 4) is 0 Å². The van der Waals surface area contributed by atoms with E-state index in [9.17, 15) is 18.0 Å². The molecule has 0 atom stereocenters. The Bertz CT molecular complexity index is 847. The van der Waals surface area contributed by atoms with Gasteiger partial charge in [0, 0.05) is 38.3 Å². The number of carbonyl (C=O) groups excluding carboxylic acids is 2. The smallest absolute Gasteiger partial charge is 0.409 e. The predicted molar refractivity (Wildman–Crippen MR) is 106 cm³/mol. The minimum Gasteiger partial charge on any atom is -0.450 e. The Balaban J connectivity index is 1.69. The van der Waals surface area contributed by atoms with Gasteiger partial charge in [-0.25, -0.2) is 13.2 Å². The van der Waals surface area contributed by atoms with Gasteiger partial charge in [-0.2, -0.15) is 0 Å². The second kappa shape index (κ2) is 8.38. The van der Waals surface area contributed by atoms with E-state index in [-0.39, 0.29) is 17.8 Å². The number of ether oxygens (including phenoxy) is 1. The number of aryl methyl sites for hydroxylation is 1. The molecule has 2 saturated heterocycles. The number of benzene rings is 1. The van der Waals surface area contributed by atoms with E-state index in [1.165, 1.54) is 4.31 Å². The van der Waals surface area contributed by atoms with E-state index in [1.54, 1.807) is 34.9 Å². The lowest BCUT2D eigenvalue weighted by Gasteiger charge is -2.34. The largest absolute Gasteiger partial charge is 0.450 e. The van der Waals surface area contributed by atoms with E-state index >= 15 is 0 Å². The monoisotopic (exact) mass is 409 g/mol. The summed E-state index contributed by atoms with van der Waals surface area (Å²) in [5.74, 6) is 0.0531. The van der Waals surface area contributed by atoms with E-state index in [0.717, 1.165) is 12.0 Å². The molecule has 2 amide bonds. The minimum atomic E-state index is -3.28. The average Bonchev–Trinajstić information content (AvgIpc) is 2.68. The fourth-order valence-corrected chi connectivity index (χ4v) is 5.32. The van der Waals surface area contributed by atoms with Crippen LogP contribution in [0.25, 0.3) is 0 Å². The standard InChI is InChI=1S/C19H27N3O5S/c1-3-27-19(24)21-11-9-20(10-12-21)18(23)16-6-7-17(15(2)14-16)22-8-4-5-13-28(22,25)26/h6-7,14H,3-5,8-13H2,1-2H3. The molecule has 2 aliphatic rings. The quantitative estimate of drug-likeness (QED) is 0.760. The number of carbonyl (C=O) groups is 2. The molecule has 0 radical (unpaired) electrons. The van der Waals surface area contributed by atoms with E-state index in [2.05, 4.69) is 0 Å². The van der Waals surface area contributed by atoms with E-state index in [1.807, 2.05) is 6.92 Å². The van der Waals surface area contributed by atoms with Crippen LogP contribution in [-0.2, 0) is 14.8 Å². The molecule has 0 aromatic heterocycles. The van der Waals surface area contributed by atoms with Crippen LogP contribution in [0.3, 0.4) is 0 Å². The van der Waals surface area contributed by atoms with Gasteiger partial charge >= 0.3 is 6.09 Å². The third-order valence-electron chi connectivity index (χ3n) is 5.15. The van der Waals surface area contributed by atoms with E-state index in [0.29, 0.717) is 57.0 Å². The van der Waals surface area contributed by atoms with Gasteiger partial charge in [-0.15, -0.1) is 0 Å². The molecule has 1 aromatic rings. The number of sulfonamides is 1. The van der Waals surface area contributed by atoms with Gasteiger partial charge in [-0.1, -0.05) is 0 Å². The van der Waals surface area contributed by atoms with Crippen molar-refractivity contribution in [1.29, 1.82) is 0 Å². The summed E-state index contributed by atoms with van der Waals surface area (Å²) in [6.07, 6.45) is 1.17. The van der Waals surface area contributed by atoms with Crippen LogP contribution in [-0.4, -0.2) is 75.3 Å². The van der Waals surface area contributed by atoms with E-state index in [4.69, 9.17) is 4.74 Å². The number of rotatable bonds is 3. The van der Waals surface area contributed by atoms with Crippen LogP contribution in [0, 0.1) is 6.92 Å². The number of nitrogens with zero attached hydrogens (tertiary/aromatic N) is 3. The Hall–Kier alpha value is -2.29. The Kier molecular flexibility index (Phi) is 6.12. The number of hydrogen-bond donors (Lipinski definition) is 0. The maximum Gasteiger partial charge on any atom is 0.409 e. The molecular formula is C19H27N3O5S. The van der Waals surface area contributed by atoms with Crippen molar-refractivity contribution in [2.45, 2.75) is 26.7 Å². The van der Waals surface area contributed by atoms with Gasteiger partial charge in [0.1, 0.15) is 0 Å². The number of piperazine rings is 1. The SMILES string of the molecule is CCOC(=O)N1CCN(C(=O)c2ccc(N3CCCCS3(=O)=O)c(C)c2)CC1. The molecule has 0 aliphatic carbocycles. The zero-order chi connectivity index (χ0) is 20.3. The maximum absolute atomic E-state index is 12.8. The van der Waals surface area contributed by atoms with Crippen LogP contribution >= 0.6 is 0 Å². The summed E-state index contributed by atoms with van der Waals surface area (Å²) in [5.41, 5.74) is 1.94. The lowest BCUT2D eigenvalue weighted by atomic mass is 10.1. The predicted octanol–water partition coefficient (Wildman–Crippen LogP) is 1.84. The van der Waals surface area contributed by atoms with Crippen LogP contribution in [0.5, 0.6) is 0 Å². The molecule has 9 heteroatoms. The third kappa shape index (κ3) is 4.24. The lowest BCUT2D eigenvalue weighted by molar-refractivity contribution is 0.0570. The van der Waals surface area contributed by atoms with Gasteiger partial charge in [0.15, 0.2) is 0 Å². The molecule has 2 heterocycles. The van der Waals surface area contributed by atoms with Crippen molar-refractivity contribution < 1.29 is 22.7 Å². The van der Waals surface area contributed by atoms with Gasteiger partial charge < -0.3 is 14.5 Å². The minimum absolute atomic E-state index is 0.111. The van der Waals surface area contributed by atoms with Gasteiger partial charge in [0.25, 0.3) is 5.91 Å². The highest BCUT2D eigenvalue weighted by molar-refractivity contribution is 7.92. The van der Waals surface area contributed by atoms with Crippen LogP contribution in [0.1, 0.15) is 35.7 Å². The fourth-order valence-electron chi connectivity index (χ4n) is 3.62. The summed E-state index contributed by atoms with van der Waals surface area (Å²) in [6, 6.07) is 5.16. The molecule has 0 unspecified atom stereocenters. The second-order valence-corrected chi connectivity index (χ2v) is 9.09. The van der Waals surface area contributed by atoms with Crippen LogP contribution in [0.2, 0.25) is 0 Å². The molecule has 3 rings (SSSR count). The molecule has 0 bridgehead atoms. The highest BCUT2D eigenvalue weighted by atomic mass is 32.2. The van der Waals surface area contributed by atoms with Gasteiger partial charge in [-0.05, 0) is 50.5 Å². The summed E-state index contributed by atoms with van der Waals surface area (Å²) >= 11 is 0. The molecule has 1 aromatic carbocycles. The molecule has 2 aliphatic heterocycles. The highest BCUT2D eigenvalue weighted by Gasteiger charge is 2.29. The Morgan fingerprint density at radius 3 is 2.32 bits per heavy atom. The van der Waals surface area contributed by atoms with E-state index < -0.39 is 10.0 Å². The summed E-state index contributed by atoms with van der Waals surface area (Å²) in [7, 11) is -3.28. The molecule has 0 N–H and O–H groups in total. The first-order valence-corrected chi connectivity index (χ1v) is 11.3. The highest BCUT2D eigenvalue weighted by Crippen LogP contribution is 2.28. The number of hydrogen-bond acceptors (Lipinski definition) is 5. The lowest BCUT2D eigenvalue weighted by Crippen LogP contribution is -2.50. The first kappa shape index (κ1) is 20.4. The number of amides is 2. The first-order valence-electron chi connectivity index (χ1n) is 9.65. The van der Waals surface area contributed by atoms with Crippen LogP contribution in [0.4, 0.5) is 10.5 Å². The normalized spacial score (nSPS) is 19.4. The summed E-state index contributed by atoms with van der Waals surface area (Å²) in [6.45, 7) is 6.16. The molecular weight excluding hydrogens is 382 g/mol. The van der Waals surface area contributed by atoms with Crippen molar-refractivity contribution in [3.63, 3.8) is 0 Å². The molecule has 2 fully saturated rings. The molecule has 154 valence electrons. The van der Waals surface area contributed by atoms with Crippen molar-refractivity contribution >= 4 is 27.7 Å². The molecule has 0 saturated carbocycles. The Morgan fingerprint density at radius 2 is 1.71 bits per heavy atom. The fraction of sp³-hybridized carbons (Fsp3) is 0.579. The van der Waals surface area contributed by atoms with Crippen molar-refractivity contribution in [1.82, 2.24) is 9.80 Å². The maximum atomic E-state index is 12.8. The van der Waals surface area contributed by atoms with Crippen molar-refractivity contribution in [2.24, 2.45) is 0 Å². The topological polar surface area (TPSA) is 87.2 Å². The zero-order valence-electron chi connectivity index (χ0n) is 16.4. The molecule has 0 spiro atoms. The Morgan fingerprint density at radius 1 is 1.04 bits per heavy atom. The second-order valence-electron chi connectivity index (χ2n) is 7.07. The Labute approximate surface area is 166 Å². The van der Waals surface area contributed by atoms with Crippen molar-refractivity contribution in [2.75, 3.05) is 49.4 Å². The van der Waals surface area contributed by atoms with Crippen LogP contribution < -0.4 is 4.31 Å². The molecule has 8 nitrogen and oxygen atoms in total. The molecule has 28 heavy (non-hydrogen) atoms.